The van der Waals surface area contributed by atoms with E-state index in [2.05, 4.69) is 23.8 Å². The Balaban J connectivity index is 2.09. The Morgan fingerprint density at radius 3 is 2.67 bits per heavy atom. The van der Waals surface area contributed by atoms with Crippen LogP contribution in [0.15, 0.2) is 6.20 Å². The second kappa shape index (κ2) is 7.09. The number of rotatable bonds is 6. The van der Waals surface area contributed by atoms with Gasteiger partial charge < -0.3 is 14.7 Å². The van der Waals surface area contributed by atoms with Crippen LogP contribution in [0, 0.1) is 5.92 Å². The van der Waals surface area contributed by atoms with Crippen molar-refractivity contribution in [3.05, 3.63) is 16.9 Å². The van der Waals surface area contributed by atoms with Crippen molar-refractivity contribution in [2.24, 2.45) is 5.92 Å². The third-order valence-corrected chi connectivity index (χ3v) is 4.33. The Hall–Kier alpha value is -0.620. The van der Waals surface area contributed by atoms with Crippen LogP contribution in [0.1, 0.15) is 32.4 Å². The lowest BCUT2D eigenvalue weighted by Crippen LogP contribution is -2.45. The highest BCUT2D eigenvalue weighted by Gasteiger charge is 2.38. The average Bonchev–Trinajstić information content (AvgIpc) is 2.80. The molecule has 0 atom stereocenters. The summed E-state index contributed by atoms with van der Waals surface area (Å²) in [5.74, 6) is 0.645. The summed E-state index contributed by atoms with van der Waals surface area (Å²) >= 11 is 6.27. The second-order valence-corrected chi connectivity index (χ2v) is 6.69. The zero-order valence-corrected chi connectivity index (χ0v) is 13.9. The number of hydrogen-bond donors (Lipinski definition) is 1. The van der Waals surface area contributed by atoms with Gasteiger partial charge in [-0.15, -0.1) is 0 Å². The molecule has 6 heteroatoms. The van der Waals surface area contributed by atoms with Crippen molar-refractivity contribution in [2.45, 2.75) is 38.8 Å². The average molecular weight is 316 g/mol. The van der Waals surface area contributed by atoms with Crippen molar-refractivity contribution in [3.8, 4) is 0 Å². The number of methoxy groups -OCH3 is 1. The Kier molecular flexibility index (Phi) is 5.66. The van der Waals surface area contributed by atoms with E-state index in [1.54, 1.807) is 18.0 Å². The van der Waals surface area contributed by atoms with Gasteiger partial charge in [-0.3, -0.25) is 4.68 Å². The van der Waals surface area contributed by atoms with Crippen LogP contribution in [0.2, 0.25) is 5.02 Å². The number of halogens is 1. The van der Waals surface area contributed by atoms with Gasteiger partial charge in [-0.2, -0.15) is 5.10 Å². The molecule has 2 heterocycles. The lowest BCUT2D eigenvalue weighted by molar-refractivity contribution is -0.0351. The number of nitrogens with zero attached hydrogens (tertiary/aromatic N) is 3. The molecule has 0 spiro atoms. The minimum absolute atomic E-state index is 0.547. The molecule has 2 rings (SSSR count). The van der Waals surface area contributed by atoms with Crippen molar-refractivity contribution < 1.29 is 9.84 Å². The predicted molar refractivity (Wildman–Crippen MR) is 83.5 cm³/mol. The molecule has 1 aliphatic heterocycles. The van der Waals surface area contributed by atoms with Gasteiger partial charge in [0, 0.05) is 26.7 Å². The maximum Gasteiger partial charge on any atom is 0.110 e. The van der Waals surface area contributed by atoms with Crippen LogP contribution in [0.25, 0.3) is 0 Å². The van der Waals surface area contributed by atoms with E-state index in [4.69, 9.17) is 16.3 Å². The summed E-state index contributed by atoms with van der Waals surface area (Å²) in [6.45, 7) is 8.46. The first-order valence-electron chi connectivity index (χ1n) is 7.61. The van der Waals surface area contributed by atoms with E-state index >= 15 is 0 Å². The first kappa shape index (κ1) is 16.7. The largest absolute Gasteiger partial charge is 0.383 e. The summed E-state index contributed by atoms with van der Waals surface area (Å²) in [5.41, 5.74) is -0.139. The fraction of sp³-hybridized carbons (Fsp3) is 0.800. The molecule has 0 amide bonds. The van der Waals surface area contributed by atoms with E-state index in [1.807, 2.05) is 0 Å². The first-order valence-corrected chi connectivity index (χ1v) is 7.99. The number of hydrogen-bond acceptors (Lipinski definition) is 4. The van der Waals surface area contributed by atoms with Gasteiger partial charge in [0.2, 0.25) is 0 Å². The Morgan fingerprint density at radius 1 is 1.43 bits per heavy atom. The van der Waals surface area contributed by atoms with E-state index < -0.39 is 5.60 Å². The van der Waals surface area contributed by atoms with Crippen molar-refractivity contribution in [1.29, 1.82) is 0 Å². The maximum atomic E-state index is 11.0. The molecule has 0 bridgehead atoms. The molecule has 1 aliphatic rings. The Labute approximate surface area is 131 Å². The van der Waals surface area contributed by atoms with Crippen LogP contribution in [0.4, 0.5) is 0 Å². The van der Waals surface area contributed by atoms with E-state index in [1.165, 1.54) is 0 Å². The molecule has 0 saturated carbocycles. The molecule has 0 radical (unpaired) electrons. The molecule has 1 N–H and O–H groups in total. The number of ether oxygens (including phenoxy) is 1. The molecule has 1 aromatic heterocycles. The highest BCUT2D eigenvalue weighted by atomic mass is 35.5. The topological polar surface area (TPSA) is 50.5 Å². The van der Waals surface area contributed by atoms with E-state index in [0.29, 0.717) is 36.9 Å². The highest BCUT2D eigenvalue weighted by molar-refractivity contribution is 6.31. The second-order valence-electron chi connectivity index (χ2n) is 6.28. The standard InChI is InChI=1S/C15H26ClN3O2/c1-12(2)11-18-6-4-15(20,5-7-18)14-13(16)10-17-19(14)8-9-21-3/h10,12,20H,4-9,11H2,1-3H3. The molecular formula is C15H26ClN3O2. The van der Waals surface area contributed by atoms with Crippen LogP contribution < -0.4 is 0 Å². The smallest absolute Gasteiger partial charge is 0.110 e. The molecule has 0 unspecified atom stereocenters. The zero-order valence-electron chi connectivity index (χ0n) is 13.2. The fourth-order valence-corrected chi connectivity index (χ4v) is 3.35. The third kappa shape index (κ3) is 3.97. The van der Waals surface area contributed by atoms with Gasteiger partial charge in [-0.05, 0) is 18.8 Å². The normalized spacial score (nSPS) is 19.3. The molecule has 21 heavy (non-hydrogen) atoms. The Morgan fingerprint density at radius 2 is 2.10 bits per heavy atom. The third-order valence-electron chi connectivity index (χ3n) is 4.05. The van der Waals surface area contributed by atoms with Crippen LogP contribution >= 0.6 is 11.6 Å². The van der Waals surface area contributed by atoms with Crippen LogP contribution in [0.3, 0.4) is 0 Å². The van der Waals surface area contributed by atoms with Gasteiger partial charge in [-0.25, -0.2) is 0 Å². The van der Waals surface area contributed by atoms with Gasteiger partial charge in [0.05, 0.1) is 30.1 Å². The molecule has 0 aliphatic carbocycles. The SMILES string of the molecule is COCCn1ncc(Cl)c1C1(O)CCN(CC(C)C)CC1. The van der Waals surface area contributed by atoms with Crippen LogP contribution in [-0.2, 0) is 16.9 Å². The van der Waals surface area contributed by atoms with Crippen molar-refractivity contribution >= 4 is 11.6 Å². The molecular weight excluding hydrogens is 290 g/mol. The Bertz CT molecular complexity index is 454. The molecule has 0 aromatic carbocycles. The van der Waals surface area contributed by atoms with Gasteiger partial charge in [0.15, 0.2) is 0 Å². The highest BCUT2D eigenvalue weighted by Crippen LogP contribution is 2.36. The fourth-order valence-electron chi connectivity index (χ4n) is 3.03. The summed E-state index contributed by atoms with van der Waals surface area (Å²) in [7, 11) is 1.66. The predicted octanol–water partition coefficient (Wildman–Crippen LogP) is 2.12. The maximum absolute atomic E-state index is 11.0. The summed E-state index contributed by atoms with van der Waals surface area (Å²) < 4.78 is 6.88. The summed E-state index contributed by atoms with van der Waals surface area (Å²) in [5, 5.41) is 15.9. The minimum atomic E-state index is -0.880. The van der Waals surface area contributed by atoms with Crippen LogP contribution in [0.5, 0.6) is 0 Å². The quantitative estimate of drug-likeness (QED) is 0.873. The zero-order chi connectivity index (χ0) is 15.5. The van der Waals surface area contributed by atoms with Crippen LogP contribution in [-0.4, -0.2) is 53.1 Å². The van der Waals surface area contributed by atoms with Gasteiger partial charge in [0.25, 0.3) is 0 Å². The van der Waals surface area contributed by atoms with Gasteiger partial charge in [-0.1, -0.05) is 25.4 Å². The summed E-state index contributed by atoms with van der Waals surface area (Å²) in [6.07, 6.45) is 3.00. The lowest BCUT2D eigenvalue weighted by Gasteiger charge is -2.39. The monoisotopic (exact) mass is 315 g/mol. The van der Waals surface area contributed by atoms with E-state index in [-0.39, 0.29) is 0 Å². The number of piperidine rings is 1. The molecule has 1 aromatic rings. The van der Waals surface area contributed by atoms with Crippen molar-refractivity contribution in [1.82, 2.24) is 14.7 Å². The number of likely N-dealkylation sites (tertiary alicyclic amines) is 1. The van der Waals surface area contributed by atoms with E-state index in [0.717, 1.165) is 25.3 Å². The molecule has 5 nitrogen and oxygen atoms in total. The van der Waals surface area contributed by atoms with Crippen molar-refractivity contribution in [3.63, 3.8) is 0 Å². The first-order chi connectivity index (χ1) is 9.96. The summed E-state index contributed by atoms with van der Waals surface area (Å²) in [6, 6.07) is 0. The molecule has 1 fully saturated rings. The molecule has 1 saturated heterocycles. The summed E-state index contributed by atoms with van der Waals surface area (Å²) in [4.78, 5) is 2.41. The number of aliphatic hydroxyl groups is 1. The lowest BCUT2D eigenvalue weighted by atomic mass is 9.87. The van der Waals surface area contributed by atoms with Gasteiger partial charge in [0.1, 0.15) is 5.60 Å². The van der Waals surface area contributed by atoms with Crippen molar-refractivity contribution in [2.75, 3.05) is 33.4 Å². The minimum Gasteiger partial charge on any atom is -0.383 e. The van der Waals surface area contributed by atoms with E-state index in [9.17, 15) is 5.11 Å². The van der Waals surface area contributed by atoms with Gasteiger partial charge >= 0.3 is 0 Å². The number of aromatic nitrogens is 2. The molecule has 120 valence electrons.